The summed E-state index contributed by atoms with van der Waals surface area (Å²) in [4.78, 5) is 0. The largest absolute Gasteiger partial charge is 0.508 e. The van der Waals surface area contributed by atoms with Crippen molar-refractivity contribution >= 4 is 7.82 Å². The fourth-order valence-corrected chi connectivity index (χ4v) is 4.37. The highest BCUT2D eigenvalue weighted by molar-refractivity contribution is 7.48. The van der Waals surface area contributed by atoms with Gasteiger partial charge in [0.15, 0.2) is 0 Å². The Labute approximate surface area is 152 Å². The third kappa shape index (κ3) is 7.10. The van der Waals surface area contributed by atoms with E-state index in [4.69, 9.17) is 13.6 Å². The van der Waals surface area contributed by atoms with E-state index in [-0.39, 0.29) is 12.4 Å². The number of hydrogen-bond acceptors (Lipinski definition) is 5. The summed E-state index contributed by atoms with van der Waals surface area (Å²) in [5, 5.41) is 10.0. The van der Waals surface area contributed by atoms with E-state index in [1.165, 1.54) is 0 Å². The second-order valence-corrected chi connectivity index (χ2v) is 9.55. The molecular formula is C19H33O5P. The molecule has 25 heavy (non-hydrogen) atoms. The first-order chi connectivity index (χ1) is 11.3. The quantitative estimate of drug-likeness (QED) is 0.615. The van der Waals surface area contributed by atoms with Gasteiger partial charge in [-0.3, -0.25) is 13.6 Å². The number of hydrogen-bond donors (Lipinski definition) is 1. The maximum atomic E-state index is 13.1. The maximum absolute atomic E-state index is 13.1. The fraction of sp³-hybridized carbons (Fsp3) is 0.684. The lowest BCUT2D eigenvalue weighted by molar-refractivity contribution is 0.000793. The highest BCUT2D eigenvalue weighted by Gasteiger charge is 2.37. The smallest absolute Gasteiger partial charge is 0.476 e. The van der Waals surface area contributed by atoms with Gasteiger partial charge in [-0.2, -0.15) is 0 Å². The van der Waals surface area contributed by atoms with Gasteiger partial charge in [0.25, 0.3) is 0 Å². The van der Waals surface area contributed by atoms with Crippen molar-refractivity contribution in [3.8, 4) is 5.75 Å². The first-order valence-electron chi connectivity index (χ1n) is 8.79. The van der Waals surface area contributed by atoms with Gasteiger partial charge < -0.3 is 5.11 Å². The van der Waals surface area contributed by atoms with E-state index in [1.807, 2.05) is 55.4 Å². The third-order valence-corrected chi connectivity index (χ3v) is 5.35. The van der Waals surface area contributed by atoms with Crippen LogP contribution in [-0.2, 0) is 37.6 Å². The molecule has 1 aromatic rings. The van der Waals surface area contributed by atoms with Gasteiger partial charge in [0.1, 0.15) is 5.75 Å². The van der Waals surface area contributed by atoms with E-state index in [1.54, 1.807) is 12.1 Å². The minimum absolute atomic E-state index is 0.0971. The van der Waals surface area contributed by atoms with E-state index >= 15 is 0 Å². The van der Waals surface area contributed by atoms with Crippen LogP contribution in [0.5, 0.6) is 5.75 Å². The molecule has 0 heterocycles. The van der Waals surface area contributed by atoms with Crippen molar-refractivity contribution < 1.29 is 23.2 Å². The molecule has 1 aromatic carbocycles. The minimum atomic E-state index is -3.76. The Kier molecular flexibility index (Phi) is 7.29. The molecule has 0 aliphatic rings. The molecule has 0 bridgehead atoms. The summed E-state index contributed by atoms with van der Waals surface area (Å²) in [6.45, 7) is 15.0. The standard InChI is InChI=1S/C19H33O5P/c1-9-15-14(11-12-17(20)16(15)10-2)13-22-25(21,23-18(3,4)5)24-19(6,7)8/h11-12,20H,9-10,13H2,1-8H3. The Morgan fingerprint density at radius 3 is 1.80 bits per heavy atom. The molecule has 0 fully saturated rings. The van der Waals surface area contributed by atoms with Crippen LogP contribution in [0.15, 0.2) is 12.1 Å². The normalized spacial score (nSPS) is 13.3. The van der Waals surface area contributed by atoms with Gasteiger partial charge in [0.05, 0.1) is 17.8 Å². The molecule has 0 radical (unpaired) electrons. The summed E-state index contributed by atoms with van der Waals surface area (Å²) in [6, 6.07) is 3.45. The molecule has 0 aliphatic carbocycles. The number of aromatic hydroxyl groups is 1. The van der Waals surface area contributed by atoms with Crippen LogP contribution in [-0.4, -0.2) is 16.3 Å². The van der Waals surface area contributed by atoms with Crippen LogP contribution in [0.1, 0.15) is 72.1 Å². The summed E-state index contributed by atoms with van der Waals surface area (Å²) in [7, 11) is -3.76. The minimum Gasteiger partial charge on any atom is -0.508 e. The zero-order valence-electron chi connectivity index (χ0n) is 16.8. The van der Waals surface area contributed by atoms with Crippen molar-refractivity contribution in [2.24, 2.45) is 0 Å². The van der Waals surface area contributed by atoms with Gasteiger partial charge in [-0.1, -0.05) is 19.9 Å². The van der Waals surface area contributed by atoms with Crippen molar-refractivity contribution in [2.75, 3.05) is 0 Å². The number of phosphoric ester groups is 1. The molecule has 5 nitrogen and oxygen atoms in total. The summed E-state index contributed by atoms with van der Waals surface area (Å²) < 4.78 is 30.1. The van der Waals surface area contributed by atoms with Gasteiger partial charge in [0.2, 0.25) is 0 Å². The summed E-state index contributed by atoms with van der Waals surface area (Å²) >= 11 is 0. The molecular weight excluding hydrogens is 339 g/mol. The molecule has 0 aliphatic heterocycles. The number of phosphoric acid groups is 1. The molecule has 0 aromatic heterocycles. The lowest BCUT2D eigenvalue weighted by atomic mass is 9.96. The number of phenols is 1. The van der Waals surface area contributed by atoms with E-state index in [0.29, 0.717) is 0 Å². The van der Waals surface area contributed by atoms with Gasteiger partial charge in [-0.05, 0) is 77.1 Å². The second kappa shape index (κ2) is 8.22. The summed E-state index contributed by atoms with van der Waals surface area (Å²) in [6.07, 6.45) is 1.47. The first kappa shape index (κ1) is 22.2. The van der Waals surface area contributed by atoms with E-state index in [2.05, 4.69) is 0 Å². The Morgan fingerprint density at radius 1 is 0.920 bits per heavy atom. The Balaban J connectivity index is 3.10. The predicted molar refractivity (Wildman–Crippen MR) is 101 cm³/mol. The van der Waals surface area contributed by atoms with Crippen LogP contribution in [0.2, 0.25) is 0 Å². The average molecular weight is 372 g/mol. The molecule has 0 saturated heterocycles. The Bertz CT molecular complexity index is 606. The van der Waals surface area contributed by atoms with Crippen LogP contribution in [0.4, 0.5) is 0 Å². The lowest BCUT2D eigenvalue weighted by Crippen LogP contribution is -2.24. The van der Waals surface area contributed by atoms with E-state index in [9.17, 15) is 9.67 Å². The summed E-state index contributed by atoms with van der Waals surface area (Å²) in [5.74, 6) is 0.281. The highest BCUT2D eigenvalue weighted by Crippen LogP contribution is 2.56. The number of rotatable bonds is 7. The van der Waals surface area contributed by atoms with E-state index in [0.717, 1.165) is 29.5 Å². The Morgan fingerprint density at radius 2 is 1.40 bits per heavy atom. The van der Waals surface area contributed by atoms with Crippen molar-refractivity contribution in [1.82, 2.24) is 0 Å². The van der Waals surface area contributed by atoms with Crippen LogP contribution >= 0.6 is 7.82 Å². The molecule has 6 heteroatoms. The van der Waals surface area contributed by atoms with Crippen LogP contribution in [0, 0.1) is 0 Å². The van der Waals surface area contributed by atoms with Crippen LogP contribution in [0.25, 0.3) is 0 Å². The predicted octanol–water partition coefficient (Wildman–Crippen LogP) is 5.77. The summed E-state index contributed by atoms with van der Waals surface area (Å²) in [5.41, 5.74) is 1.45. The van der Waals surface area contributed by atoms with Gasteiger partial charge in [-0.25, -0.2) is 4.57 Å². The zero-order valence-corrected chi connectivity index (χ0v) is 17.7. The van der Waals surface area contributed by atoms with Crippen LogP contribution < -0.4 is 0 Å². The average Bonchev–Trinajstić information content (AvgIpc) is 2.41. The number of phenolic OH excluding ortho intramolecular Hbond substituents is 1. The van der Waals surface area contributed by atoms with Crippen LogP contribution in [0.3, 0.4) is 0 Å². The number of benzene rings is 1. The first-order valence-corrected chi connectivity index (χ1v) is 10.2. The molecule has 1 rings (SSSR count). The van der Waals surface area contributed by atoms with Crippen molar-refractivity contribution in [3.05, 3.63) is 28.8 Å². The fourth-order valence-electron chi connectivity index (χ4n) is 2.59. The van der Waals surface area contributed by atoms with Crippen molar-refractivity contribution in [1.29, 1.82) is 0 Å². The van der Waals surface area contributed by atoms with Crippen molar-refractivity contribution in [3.63, 3.8) is 0 Å². The molecule has 0 spiro atoms. The van der Waals surface area contributed by atoms with Crippen molar-refractivity contribution in [2.45, 2.75) is 86.0 Å². The van der Waals surface area contributed by atoms with E-state index < -0.39 is 19.0 Å². The molecule has 0 amide bonds. The molecule has 0 unspecified atom stereocenters. The van der Waals surface area contributed by atoms with Gasteiger partial charge >= 0.3 is 7.82 Å². The molecule has 1 N–H and O–H groups in total. The monoisotopic (exact) mass is 372 g/mol. The molecule has 144 valence electrons. The van der Waals surface area contributed by atoms with Gasteiger partial charge in [-0.15, -0.1) is 0 Å². The Hall–Kier alpha value is -0.870. The third-order valence-electron chi connectivity index (χ3n) is 3.36. The SMILES string of the molecule is CCc1c(O)ccc(COP(=O)(OC(C)(C)C)OC(C)(C)C)c1CC. The van der Waals surface area contributed by atoms with Gasteiger partial charge in [0, 0.05) is 0 Å². The lowest BCUT2D eigenvalue weighted by Gasteiger charge is -2.31. The second-order valence-electron chi connectivity index (χ2n) is 8.04. The highest BCUT2D eigenvalue weighted by atomic mass is 31.2. The molecule has 0 saturated carbocycles. The topological polar surface area (TPSA) is 65.0 Å². The maximum Gasteiger partial charge on any atom is 0.476 e. The molecule has 0 atom stereocenters. The zero-order chi connectivity index (χ0) is 19.5.